The molecule has 174 valence electrons. The van der Waals surface area contributed by atoms with Crippen LogP contribution in [0.15, 0.2) is 0 Å². The van der Waals surface area contributed by atoms with Gasteiger partial charge in [-0.15, -0.1) is 0 Å². The van der Waals surface area contributed by atoms with Gasteiger partial charge in [-0.2, -0.15) is 0 Å². The van der Waals surface area contributed by atoms with Gasteiger partial charge in [0.1, 0.15) is 0 Å². The molecule has 5 heteroatoms. The Kier molecular flexibility index (Phi) is 22.4. The molecule has 0 bridgehead atoms. The highest BCUT2D eigenvalue weighted by Crippen LogP contribution is 2.13. The van der Waals surface area contributed by atoms with Crippen LogP contribution >= 0.6 is 0 Å². The normalized spacial score (nSPS) is 11.0. The van der Waals surface area contributed by atoms with Gasteiger partial charge in [0.15, 0.2) is 0 Å². The predicted octanol–water partition coefficient (Wildman–Crippen LogP) is 6.32. The van der Waals surface area contributed by atoms with Crippen LogP contribution in [0.2, 0.25) is 0 Å². The fourth-order valence-electron chi connectivity index (χ4n) is 3.25. The summed E-state index contributed by atoms with van der Waals surface area (Å²) >= 11 is 0. The number of carboxylic acids is 1. The lowest BCUT2D eigenvalue weighted by Crippen LogP contribution is -2.50. The minimum Gasteiger partial charge on any atom is -0.481 e. The summed E-state index contributed by atoms with van der Waals surface area (Å²) in [5, 5.41) is 8.52. The van der Waals surface area contributed by atoms with Crippen molar-refractivity contribution in [2.45, 2.75) is 142 Å². The summed E-state index contributed by atoms with van der Waals surface area (Å²) < 4.78 is 0. The Balaban J connectivity index is 0. The van der Waals surface area contributed by atoms with Gasteiger partial charge in [-0.25, -0.2) is 0 Å². The number of amides is 1. The van der Waals surface area contributed by atoms with Gasteiger partial charge in [0.05, 0.1) is 5.54 Å². The van der Waals surface area contributed by atoms with Crippen molar-refractivity contribution in [2.75, 3.05) is 0 Å². The maximum absolute atomic E-state index is 10.6. The summed E-state index contributed by atoms with van der Waals surface area (Å²) in [5.74, 6) is -1.06. The van der Waals surface area contributed by atoms with E-state index in [1.165, 1.54) is 83.5 Å². The van der Waals surface area contributed by atoms with Crippen molar-refractivity contribution in [3.8, 4) is 0 Å². The monoisotopic (exact) mass is 414 g/mol. The van der Waals surface area contributed by atoms with Crippen LogP contribution in [0.5, 0.6) is 0 Å². The number of unbranched alkanes of at least 4 members (excludes halogenated alkanes) is 14. The van der Waals surface area contributed by atoms with Crippen molar-refractivity contribution in [1.29, 1.82) is 0 Å². The molecule has 0 aromatic carbocycles. The predicted molar refractivity (Wildman–Crippen MR) is 124 cm³/mol. The zero-order valence-corrected chi connectivity index (χ0v) is 19.6. The molecule has 5 N–H and O–H groups in total. The van der Waals surface area contributed by atoms with E-state index in [0.717, 1.165) is 12.8 Å². The molecule has 0 atom stereocenters. The summed E-state index contributed by atoms with van der Waals surface area (Å²) in [7, 11) is 0. The topological polar surface area (TPSA) is 106 Å². The van der Waals surface area contributed by atoms with Crippen LogP contribution in [0.25, 0.3) is 0 Å². The van der Waals surface area contributed by atoms with Crippen molar-refractivity contribution in [2.24, 2.45) is 11.5 Å². The number of primary amides is 1. The maximum atomic E-state index is 10.6. The third-order valence-corrected chi connectivity index (χ3v) is 5.75. The summed E-state index contributed by atoms with van der Waals surface area (Å²) in [6.07, 6.45) is 21.4. The highest BCUT2D eigenvalue weighted by atomic mass is 16.4. The van der Waals surface area contributed by atoms with Gasteiger partial charge < -0.3 is 16.6 Å². The average Bonchev–Trinajstić information content (AvgIpc) is 2.70. The second kappa shape index (κ2) is 21.6. The molecular weight excluding hydrogens is 364 g/mol. The highest BCUT2D eigenvalue weighted by molar-refractivity contribution is 5.84. The van der Waals surface area contributed by atoms with Gasteiger partial charge in [-0.05, 0) is 19.3 Å². The average molecular weight is 415 g/mol. The van der Waals surface area contributed by atoms with Crippen molar-refractivity contribution >= 4 is 11.9 Å². The molecule has 0 rings (SSSR count). The molecule has 0 aliphatic heterocycles. The number of hydrogen-bond acceptors (Lipinski definition) is 3. The number of carbonyl (C=O) groups is 2. The zero-order valence-electron chi connectivity index (χ0n) is 19.6. The Morgan fingerprint density at radius 2 is 0.966 bits per heavy atom. The summed E-state index contributed by atoms with van der Waals surface area (Å²) in [6, 6.07) is 0. The van der Waals surface area contributed by atoms with Gasteiger partial charge in [0.2, 0.25) is 5.91 Å². The molecule has 0 aliphatic rings. The van der Waals surface area contributed by atoms with Crippen molar-refractivity contribution in [3.63, 3.8) is 0 Å². The minimum absolute atomic E-state index is 0.345. The van der Waals surface area contributed by atoms with E-state index in [1.807, 2.05) is 13.8 Å². The van der Waals surface area contributed by atoms with Gasteiger partial charge >= 0.3 is 5.97 Å². The zero-order chi connectivity index (χ0) is 22.4. The molecule has 5 nitrogen and oxygen atoms in total. The molecule has 29 heavy (non-hydrogen) atoms. The lowest BCUT2D eigenvalue weighted by Gasteiger charge is -2.21. The largest absolute Gasteiger partial charge is 0.481 e. The molecule has 0 fully saturated rings. The van der Waals surface area contributed by atoms with Gasteiger partial charge in [-0.1, -0.05) is 111 Å². The van der Waals surface area contributed by atoms with E-state index in [0.29, 0.717) is 19.3 Å². The first-order chi connectivity index (χ1) is 13.8. The molecule has 0 aliphatic carbocycles. The molecule has 0 aromatic rings. The Morgan fingerprint density at radius 1 is 0.655 bits per heavy atom. The first-order valence-corrected chi connectivity index (χ1v) is 12.1. The molecule has 0 radical (unpaired) electrons. The Morgan fingerprint density at radius 3 is 1.17 bits per heavy atom. The lowest BCUT2D eigenvalue weighted by atomic mass is 9.94. The highest BCUT2D eigenvalue weighted by Gasteiger charge is 2.26. The van der Waals surface area contributed by atoms with Crippen LogP contribution in [-0.4, -0.2) is 22.5 Å². The Hall–Kier alpha value is -1.10. The molecule has 0 aromatic heterocycles. The van der Waals surface area contributed by atoms with Crippen molar-refractivity contribution < 1.29 is 14.7 Å². The number of rotatable bonds is 19. The molecule has 0 saturated heterocycles. The molecular formula is C24H50N2O3. The van der Waals surface area contributed by atoms with E-state index < -0.39 is 17.4 Å². The fourth-order valence-corrected chi connectivity index (χ4v) is 3.25. The first kappa shape index (κ1) is 30.1. The van der Waals surface area contributed by atoms with Crippen LogP contribution in [0.4, 0.5) is 0 Å². The number of carbonyl (C=O) groups excluding carboxylic acids is 1. The van der Waals surface area contributed by atoms with Crippen molar-refractivity contribution in [1.82, 2.24) is 0 Å². The van der Waals surface area contributed by atoms with Crippen LogP contribution in [-0.2, 0) is 9.59 Å². The quantitative estimate of drug-likeness (QED) is 0.215. The minimum atomic E-state index is -0.778. The van der Waals surface area contributed by atoms with Crippen LogP contribution in [0, 0.1) is 0 Å². The van der Waals surface area contributed by atoms with Gasteiger partial charge in [0, 0.05) is 6.42 Å². The molecule has 0 spiro atoms. The SMILES string of the molecule is CCC(N)(CC)C(N)=O.CCCCCCCCCCCCCCCCCC(=O)O. The molecule has 0 saturated carbocycles. The Labute approximate surface area is 180 Å². The first-order valence-electron chi connectivity index (χ1n) is 12.1. The van der Waals surface area contributed by atoms with E-state index in [-0.39, 0.29) is 0 Å². The number of nitrogens with two attached hydrogens (primary N) is 2. The summed E-state index contributed by atoms with van der Waals surface area (Å²) in [4.78, 5) is 20.9. The standard InChI is InChI=1S/C18H36O2.C6H14N2O/c1-2-3-4-5-6-7-8-9-10-11-12-13-14-15-16-17-18(19)20;1-3-6(8,4-2)5(7)9/h2-17H2,1H3,(H,19,20);3-4,8H2,1-2H3,(H2,7,9). The van der Waals surface area contributed by atoms with E-state index in [2.05, 4.69) is 6.92 Å². The third-order valence-electron chi connectivity index (χ3n) is 5.75. The van der Waals surface area contributed by atoms with Crippen LogP contribution in [0.3, 0.4) is 0 Å². The second-order valence-electron chi connectivity index (χ2n) is 8.32. The summed E-state index contributed by atoms with van der Waals surface area (Å²) in [6.45, 7) is 5.98. The van der Waals surface area contributed by atoms with Crippen LogP contribution in [0.1, 0.15) is 136 Å². The molecule has 0 unspecified atom stereocenters. The van der Waals surface area contributed by atoms with E-state index >= 15 is 0 Å². The molecule has 0 heterocycles. The smallest absolute Gasteiger partial charge is 0.303 e. The van der Waals surface area contributed by atoms with Crippen molar-refractivity contribution in [3.05, 3.63) is 0 Å². The van der Waals surface area contributed by atoms with Crippen LogP contribution < -0.4 is 11.5 Å². The summed E-state index contributed by atoms with van der Waals surface area (Å²) in [5.41, 5.74) is 9.82. The maximum Gasteiger partial charge on any atom is 0.303 e. The lowest BCUT2D eigenvalue weighted by molar-refractivity contribution is -0.137. The fraction of sp³-hybridized carbons (Fsp3) is 0.917. The number of aliphatic carboxylic acids is 1. The van der Waals surface area contributed by atoms with E-state index in [4.69, 9.17) is 16.6 Å². The van der Waals surface area contributed by atoms with E-state index in [9.17, 15) is 9.59 Å². The molecule has 1 amide bonds. The van der Waals surface area contributed by atoms with E-state index in [1.54, 1.807) is 0 Å². The Bertz CT molecular complexity index is 382. The number of carboxylic acid groups (broad SMARTS) is 1. The third kappa shape index (κ3) is 21.4. The second-order valence-corrected chi connectivity index (χ2v) is 8.32. The van der Waals surface area contributed by atoms with Gasteiger partial charge in [0.25, 0.3) is 0 Å². The van der Waals surface area contributed by atoms with Gasteiger partial charge in [-0.3, -0.25) is 9.59 Å². The number of hydrogen-bond donors (Lipinski definition) is 3.